The molecule has 1 aromatic rings. The van der Waals surface area contributed by atoms with Crippen LogP contribution in [0, 0.1) is 6.92 Å². The van der Waals surface area contributed by atoms with E-state index in [1.54, 1.807) is 9.58 Å². The van der Waals surface area contributed by atoms with Crippen LogP contribution in [0.4, 0.5) is 0 Å². The predicted octanol–water partition coefficient (Wildman–Crippen LogP) is 1.51. The number of carbonyl (C=O) groups is 2. The highest BCUT2D eigenvalue weighted by Crippen LogP contribution is 2.24. The average molecular weight is 357 g/mol. The lowest BCUT2D eigenvalue weighted by molar-refractivity contribution is -0.135. The largest absolute Gasteiger partial charge is 0.344 e. The highest BCUT2D eigenvalue weighted by atomic mass is 79.9. The lowest BCUT2D eigenvalue weighted by atomic mass is 10.1. The quantitative estimate of drug-likeness (QED) is 0.892. The van der Waals surface area contributed by atoms with Crippen molar-refractivity contribution < 1.29 is 9.59 Å². The summed E-state index contributed by atoms with van der Waals surface area (Å²) >= 11 is 3.53. The zero-order chi connectivity index (χ0) is 15.7. The predicted molar refractivity (Wildman–Crippen MR) is 82.5 cm³/mol. The number of hydrogen-bond donors (Lipinski definition) is 1. The standard InChI is InChI=1S/C14H21BrN4O2/c1-5-10-14(21)19(8(2)6-12(20)16-10)7-11-13(15)9(3)17-18(11)4/h8,10H,5-7H2,1-4H3,(H,16,20). The number of hydrogen-bond acceptors (Lipinski definition) is 3. The zero-order valence-corrected chi connectivity index (χ0v) is 14.4. The highest BCUT2D eigenvalue weighted by Gasteiger charge is 2.33. The molecule has 0 saturated carbocycles. The van der Waals surface area contributed by atoms with Gasteiger partial charge >= 0.3 is 0 Å². The molecule has 0 radical (unpaired) electrons. The van der Waals surface area contributed by atoms with E-state index in [0.717, 1.165) is 15.9 Å². The molecule has 1 saturated heterocycles. The Kier molecular flexibility index (Phi) is 4.70. The molecule has 2 rings (SSSR count). The summed E-state index contributed by atoms with van der Waals surface area (Å²) in [5, 5.41) is 7.15. The highest BCUT2D eigenvalue weighted by molar-refractivity contribution is 9.10. The Labute approximate surface area is 133 Å². The van der Waals surface area contributed by atoms with E-state index < -0.39 is 6.04 Å². The Balaban J connectivity index is 2.31. The molecule has 1 aromatic heterocycles. The zero-order valence-electron chi connectivity index (χ0n) is 12.8. The van der Waals surface area contributed by atoms with E-state index in [1.165, 1.54) is 0 Å². The monoisotopic (exact) mass is 356 g/mol. The van der Waals surface area contributed by atoms with Gasteiger partial charge in [0.1, 0.15) is 6.04 Å². The summed E-state index contributed by atoms with van der Waals surface area (Å²) in [6.07, 6.45) is 0.927. The van der Waals surface area contributed by atoms with Gasteiger partial charge in [-0.25, -0.2) is 0 Å². The molecule has 1 aliphatic heterocycles. The molecule has 1 N–H and O–H groups in total. The third-order valence-electron chi connectivity index (χ3n) is 3.92. The fraction of sp³-hybridized carbons (Fsp3) is 0.643. The Morgan fingerprint density at radius 3 is 2.62 bits per heavy atom. The Morgan fingerprint density at radius 2 is 2.10 bits per heavy atom. The summed E-state index contributed by atoms with van der Waals surface area (Å²) in [6, 6.07) is -0.563. The second-order valence-electron chi connectivity index (χ2n) is 5.52. The number of halogens is 1. The maximum atomic E-state index is 12.6. The number of aromatic nitrogens is 2. The van der Waals surface area contributed by atoms with Crippen molar-refractivity contribution in [2.45, 2.75) is 52.2 Å². The SMILES string of the molecule is CCC1NC(=O)CC(C)N(Cc2c(Br)c(C)nn2C)C1=O. The lowest BCUT2D eigenvalue weighted by Crippen LogP contribution is -2.45. The van der Waals surface area contributed by atoms with Crippen LogP contribution in [0.25, 0.3) is 0 Å². The number of rotatable bonds is 3. The van der Waals surface area contributed by atoms with Crippen molar-refractivity contribution >= 4 is 27.7 Å². The van der Waals surface area contributed by atoms with Crippen molar-refractivity contribution in [3.8, 4) is 0 Å². The van der Waals surface area contributed by atoms with Crippen molar-refractivity contribution in [3.63, 3.8) is 0 Å². The molecule has 1 fully saturated rings. The molecule has 0 aliphatic carbocycles. The van der Waals surface area contributed by atoms with E-state index in [0.29, 0.717) is 19.4 Å². The van der Waals surface area contributed by atoms with Gasteiger partial charge in [0.05, 0.1) is 22.4 Å². The van der Waals surface area contributed by atoms with Gasteiger partial charge in [-0.2, -0.15) is 5.10 Å². The van der Waals surface area contributed by atoms with E-state index in [-0.39, 0.29) is 17.9 Å². The van der Waals surface area contributed by atoms with Crippen molar-refractivity contribution in [2.24, 2.45) is 7.05 Å². The Morgan fingerprint density at radius 1 is 1.43 bits per heavy atom. The average Bonchev–Trinajstić information content (AvgIpc) is 2.59. The fourth-order valence-corrected chi connectivity index (χ4v) is 3.10. The van der Waals surface area contributed by atoms with Gasteiger partial charge in [-0.15, -0.1) is 0 Å². The van der Waals surface area contributed by atoms with Crippen LogP contribution >= 0.6 is 15.9 Å². The van der Waals surface area contributed by atoms with Gasteiger partial charge in [0.25, 0.3) is 0 Å². The van der Waals surface area contributed by atoms with Gasteiger partial charge in [0.2, 0.25) is 11.8 Å². The lowest BCUT2D eigenvalue weighted by Gasteiger charge is -2.28. The number of aryl methyl sites for hydroxylation is 2. The van der Waals surface area contributed by atoms with E-state index in [4.69, 9.17) is 0 Å². The minimum absolute atomic E-state index is 0.0263. The van der Waals surface area contributed by atoms with E-state index in [2.05, 4.69) is 26.3 Å². The molecule has 1 aliphatic rings. The molecule has 0 bridgehead atoms. The Bertz CT molecular complexity index is 570. The van der Waals surface area contributed by atoms with Gasteiger partial charge in [-0.1, -0.05) is 6.92 Å². The first kappa shape index (κ1) is 16.0. The number of nitrogens with one attached hydrogen (secondary N) is 1. The third-order valence-corrected chi connectivity index (χ3v) is 4.95. The minimum Gasteiger partial charge on any atom is -0.344 e. The van der Waals surface area contributed by atoms with Crippen LogP contribution in [0.15, 0.2) is 4.47 Å². The first-order valence-electron chi connectivity index (χ1n) is 7.13. The summed E-state index contributed by atoms with van der Waals surface area (Å²) in [5.41, 5.74) is 1.83. The first-order valence-corrected chi connectivity index (χ1v) is 7.92. The third kappa shape index (κ3) is 3.12. The van der Waals surface area contributed by atoms with Crippen LogP contribution in [0.3, 0.4) is 0 Å². The minimum atomic E-state index is -0.435. The van der Waals surface area contributed by atoms with Crippen LogP contribution < -0.4 is 5.32 Å². The number of carbonyl (C=O) groups excluding carboxylic acids is 2. The molecule has 7 heteroatoms. The fourth-order valence-electron chi connectivity index (χ4n) is 2.63. The summed E-state index contributed by atoms with van der Waals surface area (Å²) < 4.78 is 2.70. The van der Waals surface area contributed by atoms with Crippen molar-refractivity contribution in [1.82, 2.24) is 20.0 Å². The molecule has 0 aromatic carbocycles. The molecule has 116 valence electrons. The van der Waals surface area contributed by atoms with Gasteiger partial charge in [-0.05, 0) is 36.2 Å². The van der Waals surface area contributed by atoms with Crippen LogP contribution in [0.2, 0.25) is 0 Å². The molecular formula is C14H21BrN4O2. The molecular weight excluding hydrogens is 336 g/mol. The molecule has 0 spiro atoms. The Hall–Kier alpha value is -1.37. The summed E-state index contributed by atoms with van der Waals surface area (Å²) in [5.74, 6) is -0.0907. The van der Waals surface area contributed by atoms with Crippen LogP contribution in [-0.4, -0.2) is 38.6 Å². The molecule has 6 nitrogen and oxygen atoms in total. The number of amides is 2. The molecule has 2 atom stereocenters. The molecule has 2 unspecified atom stereocenters. The molecule has 2 heterocycles. The van der Waals surface area contributed by atoms with Crippen molar-refractivity contribution in [1.29, 1.82) is 0 Å². The van der Waals surface area contributed by atoms with Gasteiger partial charge in [-0.3, -0.25) is 14.3 Å². The molecule has 2 amide bonds. The first-order chi connectivity index (χ1) is 9.85. The second-order valence-corrected chi connectivity index (χ2v) is 6.31. The topological polar surface area (TPSA) is 67.2 Å². The molecule has 21 heavy (non-hydrogen) atoms. The van der Waals surface area contributed by atoms with Crippen LogP contribution in [-0.2, 0) is 23.2 Å². The van der Waals surface area contributed by atoms with Crippen molar-refractivity contribution in [2.75, 3.05) is 0 Å². The van der Waals surface area contributed by atoms with E-state index >= 15 is 0 Å². The van der Waals surface area contributed by atoms with E-state index in [1.807, 2.05) is 27.8 Å². The van der Waals surface area contributed by atoms with Crippen LogP contribution in [0.5, 0.6) is 0 Å². The summed E-state index contributed by atoms with van der Waals surface area (Å²) in [4.78, 5) is 26.2. The van der Waals surface area contributed by atoms with Gasteiger partial charge < -0.3 is 10.2 Å². The van der Waals surface area contributed by atoms with Gasteiger partial charge in [0, 0.05) is 19.5 Å². The van der Waals surface area contributed by atoms with Crippen molar-refractivity contribution in [3.05, 3.63) is 15.9 Å². The smallest absolute Gasteiger partial charge is 0.245 e. The van der Waals surface area contributed by atoms with Gasteiger partial charge in [0.15, 0.2) is 0 Å². The summed E-state index contributed by atoms with van der Waals surface area (Å²) in [6.45, 7) is 6.18. The number of nitrogens with zero attached hydrogens (tertiary/aromatic N) is 3. The maximum Gasteiger partial charge on any atom is 0.245 e. The second kappa shape index (κ2) is 6.17. The normalized spacial score (nSPS) is 23.2. The summed E-state index contributed by atoms with van der Waals surface area (Å²) in [7, 11) is 1.86. The maximum absolute atomic E-state index is 12.6. The van der Waals surface area contributed by atoms with Crippen LogP contribution in [0.1, 0.15) is 38.1 Å². The van der Waals surface area contributed by atoms with E-state index in [9.17, 15) is 9.59 Å².